The number of nitro groups is 2. The smallest absolute Gasteiger partial charge is 0.338 e. The second-order valence-electron chi connectivity index (χ2n) is 8.97. The number of nitro benzene ring substituents is 2. The van der Waals surface area contributed by atoms with Crippen LogP contribution >= 0.6 is 0 Å². The van der Waals surface area contributed by atoms with Crippen LogP contribution in [0.3, 0.4) is 0 Å². The molecule has 4 rings (SSSR count). The van der Waals surface area contributed by atoms with Crippen molar-refractivity contribution in [1.82, 2.24) is 0 Å². The monoisotopic (exact) mass is 594 g/mol. The molecular weight excluding hydrogens is 572 g/mol. The van der Waals surface area contributed by atoms with Gasteiger partial charge in [-0.15, -0.1) is 0 Å². The van der Waals surface area contributed by atoms with Crippen LogP contribution in [0.4, 0.5) is 11.4 Å². The third-order valence-corrected chi connectivity index (χ3v) is 6.05. The first-order valence-corrected chi connectivity index (χ1v) is 12.5. The molecule has 0 N–H and O–H groups in total. The number of ether oxygens (including phenoxy) is 5. The third kappa shape index (κ3) is 7.53. The van der Waals surface area contributed by atoms with Crippen LogP contribution in [0.15, 0.2) is 78.9 Å². The highest BCUT2D eigenvalue weighted by molar-refractivity contribution is 5.91. The van der Waals surface area contributed by atoms with Crippen molar-refractivity contribution in [3.05, 3.63) is 116 Å². The standard InChI is InChI=1S/C28H22N2O13/c1-16(31)40-28-24(43-27(34)19-9-13-21(14-10-19)30(37)38)23(42-26(33)18-7-11-20(12-8-18)29(35)36)22(15-39-28)41-25(32)17-5-3-2-4-6-17/h2-14,22-24,28H,15H2,1H3/t22-,23-,24+,28-/m0/s1. The molecule has 0 aromatic heterocycles. The van der Waals surface area contributed by atoms with E-state index >= 15 is 0 Å². The van der Waals surface area contributed by atoms with Crippen LogP contribution in [-0.4, -0.2) is 64.9 Å². The van der Waals surface area contributed by atoms with Gasteiger partial charge >= 0.3 is 23.9 Å². The molecular formula is C28H22N2O13. The average Bonchev–Trinajstić information content (AvgIpc) is 3.00. The summed E-state index contributed by atoms with van der Waals surface area (Å²) in [5, 5.41) is 22.0. The molecule has 15 nitrogen and oxygen atoms in total. The number of carbonyl (C=O) groups excluding carboxylic acids is 4. The molecule has 3 aromatic rings. The molecule has 1 saturated heterocycles. The largest absolute Gasteiger partial charge is 0.452 e. The molecule has 1 aliphatic rings. The minimum Gasteiger partial charge on any atom is -0.452 e. The predicted molar refractivity (Wildman–Crippen MR) is 142 cm³/mol. The highest BCUT2D eigenvalue weighted by Gasteiger charge is 2.49. The lowest BCUT2D eigenvalue weighted by Crippen LogP contribution is -2.58. The molecule has 4 atom stereocenters. The van der Waals surface area contributed by atoms with E-state index in [1.807, 2.05) is 0 Å². The molecule has 0 amide bonds. The minimum atomic E-state index is -1.70. The zero-order chi connectivity index (χ0) is 31.1. The Bertz CT molecular complexity index is 1520. The van der Waals surface area contributed by atoms with Crippen molar-refractivity contribution in [2.45, 2.75) is 31.5 Å². The first-order valence-electron chi connectivity index (χ1n) is 12.5. The van der Waals surface area contributed by atoms with Crippen LogP contribution in [0.2, 0.25) is 0 Å². The van der Waals surface area contributed by atoms with Gasteiger partial charge in [-0.3, -0.25) is 25.0 Å². The molecule has 0 aliphatic carbocycles. The molecule has 0 unspecified atom stereocenters. The van der Waals surface area contributed by atoms with Crippen LogP contribution < -0.4 is 0 Å². The topological polar surface area (TPSA) is 201 Å². The second kappa shape index (κ2) is 13.3. The van der Waals surface area contributed by atoms with Gasteiger partial charge in [-0.25, -0.2) is 14.4 Å². The summed E-state index contributed by atoms with van der Waals surface area (Å²) in [6.07, 6.45) is -6.33. The lowest BCUT2D eigenvalue weighted by Gasteiger charge is -2.40. The van der Waals surface area contributed by atoms with E-state index in [2.05, 4.69) is 0 Å². The van der Waals surface area contributed by atoms with Gasteiger partial charge in [0.25, 0.3) is 11.4 Å². The van der Waals surface area contributed by atoms with Gasteiger partial charge in [0, 0.05) is 31.2 Å². The van der Waals surface area contributed by atoms with E-state index in [1.165, 1.54) is 12.1 Å². The number of non-ortho nitro benzene ring substituents is 2. The molecule has 1 aliphatic heterocycles. The normalized spacial score (nSPS) is 19.4. The number of nitrogens with zero attached hydrogens (tertiary/aromatic N) is 2. The maximum absolute atomic E-state index is 13.1. The highest BCUT2D eigenvalue weighted by Crippen LogP contribution is 2.28. The van der Waals surface area contributed by atoms with E-state index in [4.69, 9.17) is 23.7 Å². The first kappa shape index (κ1) is 30.3. The van der Waals surface area contributed by atoms with Crippen molar-refractivity contribution in [2.75, 3.05) is 6.61 Å². The summed E-state index contributed by atoms with van der Waals surface area (Å²) in [4.78, 5) is 71.6. The fourth-order valence-electron chi connectivity index (χ4n) is 3.98. The Labute approximate surface area is 242 Å². The van der Waals surface area contributed by atoms with Crippen molar-refractivity contribution < 1.29 is 52.7 Å². The number of hydrogen-bond acceptors (Lipinski definition) is 13. The van der Waals surface area contributed by atoms with Crippen LogP contribution in [0.1, 0.15) is 38.0 Å². The van der Waals surface area contributed by atoms with E-state index in [-0.39, 0.29) is 28.1 Å². The lowest BCUT2D eigenvalue weighted by atomic mass is 10.0. The number of hydrogen-bond donors (Lipinski definition) is 0. The summed E-state index contributed by atoms with van der Waals surface area (Å²) in [6, 6.07) is 16.6. The summed E-state index contributed by atoms with van der Waals surface area (Å²) in [5.41, 5.74) is -0.713. The summed E-state index contributed by atoms with van der Waals surface area (Å²) < 4.78 is 27.4. The lowest BCUT2D eigenvalue weighted by molar-refractivity contribution is -0.385. The van der Waals surface area contributed by atoms with E-state index in [0.717, 1.165) is 55.5 Å². The molecule has 1 fully saturated rings. The number of rotatable bonds is 9. The molecule has 0 saturated carbocycles. The van der Waals surface area contributed by atoms with Crippen LogP contribution in [-0.2, 0) is 28.5 Å². The predicted octanol–water partition coefficient (Wildman–Crippen LogP) is 3.40. The maximum atomic E-state index is 13.1. The van der Waals surface area contributed by atoms with Gasteiger partial charge in [0.1, 0.15) is 0 Å². The third-order valence-electron chi connectivity index (χ3n) is 6.05. The van der Waals surface area contributed by atoms with Crippen molar-refractivity contribution in [3.63, 3.8) is 0 Å². The SMILES string of the molecule is CC(=O)O[C@@H]1OC[C@H](OC(=O)c2ccccc2)[C@H](OC(=O)c2ccc([N+](=O)[O-])cc2)[C@H]1OC(=O)c1ccc([N+](=O)[O-])cc1. The molecule has 15 heteroatoms. The van der Waals surface area contributed by atoms with E-state index in [9.17, 15) is 39.4 Å². The van der Waals surface area contributed by atoms with Gasteiger partial charge in [0.05, 0.1) is 33.1 Å². The Balaban J connectivity index is 1.67. The summed E-state index contributed by atoms with van der Waals surface area (Å²) in [5.74, 6) is -3.79. The van der Waals surface area contributed by atoms with Crippen LogP contribution in [0.5, 0.6) is 0 Å². The second-order valence-corrected chi connectivity index (χ2v) is 8.97. The Morgan fingerprint density at radius 3 is 1.56 bits per heavy atom. The quantitative estimate of drug-likeness (QED) is 0.151. The fraction of sp³-hybridized carbons (Fsp3) is 0.214. The van der Waals surface area contributed by atoms with Crippen molar-refractivity contribution in [1.29, 1.82) is 0 Å². The molecule has 43 heavy (non-hydrogen) atoms. The van der Waals surface area contributed by atoms with Crippen LogP contribution in [0, 0.1) is 20.2 Å². The Hall–Kier alpha value is -5.70. The van der Waals surface area contributed by atoms with Crippen molar-refractivity contribution in [3.8, 4) is 0 Å². The number of benzene rings is 3. The highest BCUT2D eigenvalue weighted by atomic mass is 16.7. The molecule has 222 valence electrons. The molecule has 1 heterocycles. The zero-order valence-corrected chi connectivity index (χ0v) is 22.2. The van der Waals surface area contributed by atoms with E-state index < -0.39 is 64.9 Å². The van der Waals surface area contributed by atoms with Crippen LogP contribution in [0.25, 0.3) is 0 Å². The number of esters is 4. The summed E-state index contributed by atoms with van der Waals surface area (Å²) >= 11 is 0. The molecule has 3 aromatic carbocycles. The Morgan fingerprint density at radius 2 is 1.09 bits per heavy atom. The van der Waals surface area contributed by atoms with E-state index in [1.54, 1.807) is 18.2 Å². The summed E-state index contributed by atoms with van der Waals surface area (Å²) in [6.45, 7) is 0.596. The van der Waals surface area contributed by atoms with Crippen molar-refractivity contribution in [2.24, 2.45) is 0 Å². The fourth-order valence-corrected chi connectivity index (χ4v) is 3.98. The van der Waals surface area contributed by atoms with Gasteiger partial charge in [0.2, 0.25) is 12.4 Å². The van der Waals surface area contributed by atoms with Gasteiger partial charge in [-0.1, -0.05) is 18.2 Å². The Kier molecular flexibility index (Phi) is 9.37. The molecule has 0 bridgehead atoms. The maximum Gasteiger partial charge on any atom is 0.338 e. The van der Waals surface area contributed by atoms with Gasteiger partial charge in [-0.05, 0) is 36.4 Å². The van der Waals surface area contributed by atoms with Gasteiger partial charge < -0.3 is 23.7 Å². The zero-order valence-electron chi connectivity index (χ0n) is 22.2. The first-order chi connectivity index (χ1) is 20.5. The van der Waals surface area contributed by atoms with E-state index in [0.29, 0.717) is 0 Å². The van der Waals surface area contributed by atoms with Gasteiger partial charge in [0.15, 0.2) is 12.2 Å². The average molecular weight is 594 g/mol. The Morgan fingerprint density at radius 1 is 0.651 bits per heavy atom. The summed E-state index contributed by atoms with van der Waals surface area (Å²) in [7, 11) is 0. The number of carbonyl (C=O) groups is 4. The molecule has 0 radical (unpaired) electrons. The molecule has 0 spiro atoms. The van der Waals surface area contributed by atoms with Gasteiger partial charge in [-0.2, -0.15) is 0 Å². The van der Waals surface area contributed by atoms with Crippen molar-refractivity contribution >= 4 is 35.3 Å². The minimum absolute atomic E-state index is 0.130.